The van der Waals surface area contributed by atoms with Crippen LogP contribution in [0.4, 0.5) is 0 Å². The fourth-order valence-corrected chi connectivity index (χ4v) is 3.51. The third-order valence-corrected chi connectivity index (χ3v) is 5.22. The van der Waals surface area contributed by atoms with Gasteiger partial charge < -0.3 is 4.90 Å². The van der Waals surface area contributed by atoms with Crippen molar-refractivity contribution in [3.63, 3.8) is 0 Å². The molecule has 116 valence electrons. The molecular weight excluding hydrogens is 288 g/mol. The van der Waals surface area contributed by atoms with Gasteiger partial charge >= 0.3 is 0 Å². The normalized spacial score (nSPS) is 15.6. The molecule has 1 aliphatic carbocycles. The maximum Gasteiger partial charge on any atom is 0.253 e. The molecule has 5 nitrogen and oxygen atoms in total. The highest BCUT2D eigenvalue weighted by molar-refractivity contribution is 7.89. The number of sulfonamides is 1. The van der Waals surface area contributed by atoms with E-state index in [0.29, 0.717) is 17.0 Å². The van der Waals surface area contributed by atoms with Gasteiger partial charge in [0.1, 0.15) is 0 Å². The summed E-state index contributed by atoms with van der Waals surface area (Å²) in [7, 11) is -2.06. The van der Waals surface area contributed by atoms with Crippen LogP contribution in [0, 0.1) is 19.8 Å². The maximum absolute atomic E-state index is 12.5. The summed E-state index contributed by atoms with van der Waals surface area (Å²) in [5.74, 6) is 0.423. The van der Waals surface area contributed by atoms with Crippen LogP contribution in [0.3, 0.4) is 0 Å². The number of carbonyl (C=O) groups excluding carboxylic acids is 1. The minimum Gasteiger partial charge on any atom is -0.341 e. The van der Waals surface area contributed by atoms with E-state index in [1.807, 2.05) is 6.92 Å². The van der Waals surface area contributed by atoms with E-state index in [0.717, 1.165) is 24.9 Å². The lowest BCUT2D eigenvalue weighted by Gasteiger charge is -2.30. The van der Waals surface area contributed by atoms with Gasteiger partial charge in [-0.1, -0.05) is 12.5 Å². The largest absolute Gasteiger partial charge is 0.341 e. The van der Waals surface area contributed by atoms with Gasteiger partial charge in [0.15, 0.2) is 0 Å². The number of nitrogens with zero attached hydrogens (tertiary/aromatic N) is 1. The summed E-state index contributed by atoms with van der Waals surface area (Å²) < 4.78 is 23.2. The molecule has 0 saturated heterocycles. The summed E-state index contributed by atoms with van der Waals surface area (Å²) >= 11 is 0. The first kappa shape index (κ1) is 16.0. The molecule has 1 aliphatic rings. The second kappa shape index (κ2) is 5.77. The summed E-state index contributed by atoms with van der Waals surface area (Å²) in [6.45, 7) is 4.21. The van der Waals surface area contributed by atoms with Crippen molar-refractivity contribution in [2.45, 2.75) is 38.0 Å². The molecule has 2 N–H and O–H groups in total. The maximum atomic E-state index is 12.5. The van der Waals surface area contributed by atoms with E-state index in [2.05, 4.69) is 0 Å². The van der Waals surface area contributed by atoms with Crippen molar-refractivity contribution in [3.8, 4) is 0 Å². The number of rotatable bonds is 4. The van der Waals surface area contributed by atoms with Crippen LogP contribution in [0.15, 0.2) is 17.0 Å². The highest BCUT2D eigenvalue weighted by atomic mass is 32.2. The molecule has 1 amide bonds. The Labute approximate surface area is 126 Å². The molecule has 0 heterocycles. The quantitative estimate of drug-likeness (QED) is 0.921. The minimum absolute atomic E-state index is 0.0218. The van der Waals surface area contributed by atoms with Crippen LogP contribution in [0.25, 0.3) is 0 Å². The van der Waals surface area contributed by atoms with E-state index < -0.39 is 10.0 Å². The molecule has 6 heteroatoms. The Morgan fingerprint density at radius 1 is 1.29 bits per heavy atom. The highest BCUT2D eigenvalue weighted by Gasteiger charge is 2.24. The summed E-state index contributed by atoms with van der Waals surface area (Å²) in [6, 6.07) is 3.10. The topological polar surface area (TPSA) is 80.5 Å². The summed E-state index contributed by atoms with van der Waals surface area (Å²) in [5.41, 5.74) is 1.74. The molecule has 1 aromatic rings. The molecule has 21 heavy (non-hydrogen) atoms. The fourth-order valence-electron chi connectivity index (χ4n) is 2.72. The minimum atomic E-state index is -3.82. The third-order valence-electron chi connectivity index (χ3n) is 4.16. The van der Waals surface area contributed by atoms with Crippen molar-refractivity contribution >= 4 is 15.9 Å². The van der Waals surface area contributed by atoms with Crippen LogP contribution in [0.1, 0.15) is 40.7 Å². The lowest BCUT2D eigenvalue weighted by atomic mass is 9.85. The van der Waals surface area contributed by atoms with Gasteiger partial charge in [-0.3, -0.25) is 4.79 Å². The van der Waals surface area contributed by atoms with Crippen LogP contribution in [-0.2, 0) is 10.0 Å². The third kappa shape index (κ3) is 3.44. The van der Waals surface area contributed by atoms with E-state index in [9.17, 15) is 13.2 Å². The second-order valence-corrected chi connectivity index (χ2v) is 7.49. The van der Waals surface area contributed by atoms with Crippen LogP contribution in [0.2, 0.25) is 0 Å². The van der Waals surface area contributed by atoms with Gasteiger partial charge in [-0.25, -0.2) is 13.6 Å². The Hall–Kier alpha value is -1.40. The Bertz CT molecular complexity index is 664. The van der Waals surface area contributed by atoms with E-state index in [1.165, 1.54) is 12.5 Å². The van der Waals surface area contributed by atoms with Gasteiger partial charge in [-0.2, -0.15) is 0 Å². The Morgan fingerprint density at radius 2 is 1.90 bits per heavy atom. The molecular formula is C15H22N2O3S. The molecule has 0 aliphatic heterocycles. The number of primary sulfonamides is 1. The zero-order valence-corrected chi connectivity index (χ0v) is 13.5. The Kier molecular flexibility index (Phi) is 4.39. The molecule has 1 fully saturated rings. The number of hydrogen-bond donors (Lipinski definition) is 1. The van der Waals surface area contributed by atoms with Gasteiger partial charge in [0, 0.05) is 19.2 Å². The summed E-state index contributed by atoms with van der Waals surface area (Å²) in [6.07, 6.45) is 3.55. The second-order valence-electron chi connectivity index (χ2n) is 5.96. The van der Waals surface area contributed by atoms with E-state index in [1.54, 1.807) is 24.9 Å². The molecule has 1 saturated carbocycles. The first-order valence-electron chi connectivity index (χ1n) is 7.09. The monoisotopic (exact) mass is 310 g/mol. The fraction of sp³-hybridized carbons (Fsp3) is 0.533. The zero-order valence-electron chi connectivity index (χ0n) is 12.7. The lowest BCUT2D eigenvalue weighted by Crippen LogP contribution is -2.34. The number of amides is 1. The number of benzene rings is 1. The molecule has 1 aromatic carbocycles. The Morgan fingerprint density at radius 3 is 2.38 bits per heavy atom. The van der Waals surface area contributed by atoms with Crippen LogP contribution in [0.5, 0.6) is 0 Å². The molecule has 0 unspecified atom stereocenters. The van der Waals surface area contributed by atoms with E-state index >= 15 is 0 Å². The van der Waals surface area contributed by atoms with Crippen LogP contribution >= 0.6 is 0 Å². The average molecular weight is 310 g/mol. The standard InChI is InChI=1S/C15H22N2O3S/c1-10-7-11(2)14(21(16,19)20)8-13(10)15(18)17(3)9-12-5-4-6-12/h7-8,12H,4-6,9H2,1-3H3,(H2,16,19,20). The molecule has 0 atom stereocenters. The van der Waals surface area contributed by atoms with Gasteiger partial charge in [0.05, 0.1) is 4.90 Å². The SMILES string of the molecule is Cc1cc(C)c(S(N)(=O)=O)cc1C(=O)N(C)CC1CCC1. The van der Waals surface area contributed by atoms with E-state index in [4.69, 9.17) is 5.14 Å². The van der Waals surface area contributed by atoms with Gasteiger partial charge in [0.2, 0.25) is 10.0 Å². The smallest absolute Gasteiger partial charge is 0.253 e. The first-order valence-corrected chi connectivity index (χ1v) is 8.64. The van der Waals surface area contributed by atoms with Crippen molar-refractivity contribution in [1.29, 1.82) is 0 Å². The van der Waals surface area contributed by atoms with Gasteiger partial charge in [-0.15, -0.1) is 0 Å². The van der Waals surface area contributed by atoms with Gasteiger partial charge in [0.25, 0.3) is 5.91 Å². The number of hydrogen-bond acceptors (Lipinski definition) is 3. The lowest BCUT2D eigenvalue weighted by molar-refractivity contribution is 0.0744. The van der Waals surface area contributed by atoms with E-state index in [-0.39, 0.29) is 10.8 Å². The van der Waals surface area contributed by atoms with Crippen molar-refractivity contribution in [2.24, 2.45) is 11.1 Å². The predicted octanol–water partition coefficient (Wildman–Crippen LogP) is 1.82. The summed E-state index contributed by atoms with van der Waals surface area (Å²) in [4.78, 5) is 14.2. The zero-order chi connectivity index (χ0) is 15.8. The molecule has 2 rings (SSSR count). The molecule has 0 bridgehead atoms. The van der Waals surface area contributed by atoms with Crippen molar-refractivity contribution < 1.29 is 13.2 Å². The van der Waals surface area contributed by atoms with Crippen molar-refractivity contribution in [2.75, 3.05) is 13.6 Å². The predicted molar refractivity (Wildman–Crippen MR) is 81.6 cm³/mol. The van der Waals surface area contributed by atoms with Gasteiger partial charge in [-0.05, 0) is 49.8 Å². The average Bonchev–Trinajstić information content (AvgIpc) is 2.31. The highest BCUT2D eigenvalue weighted by Crippen LogP contribution is 2.27. The molecule has 0 aromatic heterocycles. The molecule has 0 spiro atoms. The van der Waals surface area contributed by atoms with Crippen LogP contribution < -0.4 is 5.14 Å². The number of nitrogens with two attached hydrogens (primary N) is 1. The van der Waals surface area contributed by atoms with Crippen LogP contribution in [-0.4, -0.2) is 32.8 Å². The molecule has 0 radical (unpaired) electrons. The number of aryl methyl sites for hydroxylation is 2. The van der Waals surface area contributed by atoms with Crippen molar-refractivity contribution in [1.82, 2.24) is 4.90 Å². The number of carbonyl (C=O) groups is 1. The van der Waals surface area contributed by atoms with Crippen molar-refractivity contribution in [3.05, 3.63) is 28.8 Å². The Balaban J connectivity index is 2.31. The first-order chi connectivity index (χ1) is 9.70. The summed E-state index contributed by atoms with van der Waals surface area (Å²) in [5, 5.41) is 5.21.